The SMILES string of the molecule is Cc1c(C(=O)Nc2nnnn2C)ccc2ccsc12. The lowest BCUT2D eigenvalue weighted by Gasteiger charge is -2.07. The first-order valence-electron chi connectivity index (χ1n) is 5.67. The van der Waals surface area contributed by atoms with Gasteiger partial charge in [-0.05, 0) is 45.8 Å². The van der Waals surface area contributed by atoms with E-state index in [1.165, 1.54) is 4.68 Å². The van der Waals surface area contributed by atoms with E-state index in [-0.39, 0.29) is 5.91 Å². The summed E-state index contributed by atoms with van der Waals surface area (Å²) < 4.78 is 2.54. The Balaban J connectivity index is 1.97. The number of nitrogens with zero attached hydrogens (tertiary/aromatic N) is 4. The minimum atomic E-state index is -0.203. The van der Waals surface area contributed by atoms with Crippen LogP contribution >= 0.6 is 11.3 Å². The molecule has 0 atom stereocenters. The van der Waals surface area contributed by atoms with E-state index in [4.69, 9.17) is 0 Å². The molecule has 6 nitrogen and oxygen atoms in total. The minimum Gasteiger partial charge on any atom is -0.289 e. The highest BCUT2D eigenvalue weighted by Gasteiger charge is 2.14. The molecule has 0 fully saturated rings. The monoisotopic (exact) mass is 273 g/mol. The van der Waals surface area contributed by atoms with Crippen LogP contribution < -0.4 is 5.32 Å². The van der Waals surface area contributed by atoms with Gasteiger partial charge in [0, 0.05) is 17.3 Å². The molecule has 0 unspecified atom stereocenters. The van der Waals surface area contributed by atoms with Crippen molar-refractivity contribution in [1.29, 1.82) is 0 Å². The molecule has 3 rings (SSSR count). The van der Waals surface area contributed by atoms with Crippen LogP contribution in [0.2, 0.25) is 0 Å². The lowest BCUT2D eigenvalue weighted by atomic mass is 10.1. The number of hydrogen-bond acceptors (Lipinski definition) is 5. The maximum atomic E-state index is 12.2. The van der Waals surface area contributed by atoms with Gasteiger partial charge < -0.3 is 0 Å². The quantitative estimate of drug-likeness (QED) is 0.775. The first-order valence-corrected chi connectivity index (χ1v) is 6.55. The Hall–Kier alpha value is -2.28. The molecular weight excluding hydrogens is 262 g/mol. The van der Waals surface area contributed by atoms with Crippen molar-refractivity contribution in [3.05, 3.63) is 34.7 Å². The molecule has 2 aromatic heterocycles. The molecule has 0 saturated carbocycles. The highest BCUT2D eigenvalue weighted by molar-refractivity contribution is 7.17. The second kappa shape index (κ2) is 4.43. The number of rotatable bonds is 2. The van der Waals surface area contributed by atoms with Crippen molar-refractivity contribution in [2.24, 2.45) is 7.05 Å². The van der Waals surface area contributed by atoms with Crippen LogP contribution in [0, 0.1) is 6.92 Å². The zero-order valence-electron chi connectivity index (χ0n) is 10.4. The number of carbonyl (C=O) groups excluding carboxylic acids is 1. The number of amides is 1. The second-order valence-corrected chi connectivity index (χ2v) is 5.07. The highest BCUT2D eigenvalue weighted by atomic mass is 32.1. The van der Waals surface area contributed by atoms with Gasteiger partial charge in [0.25, 0.3) is 5.91 Å². The van der Waals surface area contributed by atoms with Crippen LogP contribution in [0.15, 0.2) is 23.6 Å². The van der Waals surface area contributed by atoms with Crippen LogP contribution in [0.1, 0.15) is 15.9 Å². The number of anilines is 1. The zero-order valence-corrected chi connectivity index (χ0v) is 11.2. The van der Waals surface area contributed by atoms with E-state index >= 15 is 0 Å². The minimum absolute atomic E-state index is 0.203. The summed E-state index contributed by atoms with van der Waals surface area (Å²) in [5, 5.41) is 16.8. The van der Waals surface area contributed by atoms with Gasteiger partial charge in [0.15, 0.2) is 0 Å². The average molecular weight is 273 g/mol. The third-order valence-electron chi connectivity index (χ3n) is 2.96. The predicted molar refractivity (Wildman–Crippen MR) is 73.3 cm³/mol. The van der Waals surface area contributed by atoms with Crippen molar-refractivity contribution < 1.29 is 4.79 Å². The Morgan fingerprint density at radius 1 is 1.37 bits per heavy atom. The summed E-state index contributed by atoms with van der Waals surface area (Å²) in [6.45, 7) is 1.95. The molecule has 3 aromatic rings. The molecule has 1 amide bonds. The maximum Gasteiger partial charge on any atom is 0.258 e. The molecule has 96 valence electrons. The number of aromatic nitrogens is 4. The molecule has 0 bridgehead atoms. The molecule has 19 heavy (non-hydrogen) atoms. The van der Waals surface area contributed by atoms with Gasteiger partial charge in [-0.25, -0.2) is 4.68 Å². The molecule has 1 aromatic carbocycles. The van der Waals surface area contributed by atoms with Gasteiger partial charge in [0.1, 0.15) is 0 Å². The van der Waals surface area contributed by atoms with Crippen LogP contribution in [0.5, 0.6) is 0 Å². The van der Waals surface area contributed by atoms with E-state index in [1.54, 1.807) is 18.4 Å². The van der Waals surface area contributed by atoms with E-state index in [1.807, 2.05) is 30.5 Å². The molecule has 0 saturated heterocycles. The number of thiophene rings is 1. The molecule has 0 radical (unpaired) electrons. The summed E-state index contributed by atoms with van der Waals surface area (Å²) in [6.07, 6.45) is 0. The van der Waals surface area contributed by atoms with E-state index in [0.717, 1.165) is 15.6 Å². The largest absolute Gasteiger partial charge is 0.289 e. The smallest absolute Gasteiger partial charge is 0.258 e. The fourth-order valence-corrected chi connectivity index (χ4v) is 2.84. The Labute approximate surface area is 113 Å². The van der Waals surface area contributed by atoms with Gasteiger partial charge in [-0.15, -0.1) is 11.3 Å². The Kier molecular flexibility index (Phi) is 2.75. The fraction of sp³-hybridized carbons (Fsp3) is 0.167. The Bertz CT molecular complexity index is 760. The molecular formula is C12H11N5OS. The van der Waals surface area contributed by atoms with Gasteiger partial charge >= 0.3 is 0 Å². The van der Waals surface area contributed by atoms with Crippen molar-refractivity contribution in [2.75, 3.05) is 5.32 Å². The van der Waals surface area contributed by atoms with Crippen molar-refractivity contribution in [3.8, 4) is 0 Å². The van der Waals surface area contributed by atoms with E-state index in [2.05, 4.69) is 20.8 Å². The normalized spacial score (nSPS) is 10.8. The van der Waals surface area contributed by atoms with Gasteiger partial charge in [0.05, 0.1) is 0 Å². The third-order valence-corrected chi connectivity index (χ3v) is 4.01. The van der Waals surface area contributed by atoms with Crippen LogP contribution in [0.25, 0.3) is 10.1 Å². The number of benzene rings is 1. The molecule has 0 spiro atoms. The Morgan fingerprint density at radius 3 is 2.95 bits per heavy atom. The number of nitrogens with one attached hydrogen (secondary N) is 1. The molecule has 0 aliphatic carbocycles. The van der Waals surface area contributed by atoms with Gasteiger partial charge in [0.2, 0.25) is 5.95 Å². The summed E-state index contributed by atoms with van der Waals surface area (Å²) in [7, 11) is 1.67. The number of carbonyl (C=O) groups is 1. The predicted octanol–water partition coefficient (Wildman–Crippen LogP) is 1.99. The summed E-state index contributed by atoms with van der Waals surface area (Å²) in [4.78, 5) is 12.2. The van der Waals surface area contributed by atoms with Gasteiger partial charge in [-0.3, -0.25) is 10.1 Å². The lowest BCUT2D eigenvalue weighted by molar-refractivity contribution is 0.102. The van der Waals surface area contributed by atoms with E-state index in [0.29, 0.717) is 11.5 Å². The summed E-state index contributed by atoms with van der Waals surface area (Å²) in [5.41, 5.74) is 1.61. The van der Waals surface area contributed by atoms with E-state index in [9.17, 15) is 4.79 Å². The van der Waals surface area contributed by atoms with Crippen molar-refractivity contribution in [1.82, 2.24) is 20.2 Å². The van der Waals surface area contributed by atoms with Crippen LogP contribution in [-0.4, -0.2) is 26.1 Å². The summed E-state index contributed by atoms with van der Waals surface area (Å²) in [5.74, 6) is 0.126. The van der Waals surface area contributed by atoms with Crippen LogP contribution in [-0.2, 0) is 7.05 Å². The molecule has 7 heteroatoms. The zero-order chi connectivity index (χ0) is 13.4. The first-order chi connectivity index (χ1) is 9.16. The lowest BCUT2D eigenvalue weighted by Crippen LogP contribution is -2.16. The summed E-state index contributed by atoms with van der Waals surface area (Å²) >= 11 is 1.63. The Morgan fingerprint density at radius 2 is 2.21 bits per heavy atom. The molecule has 0 aliphatic rings. The van der Waals surface area contributed by atoms with Crippen molar-refractivity contribution in [3.63, 3.8) is 0 Å². The second-order valence-electron chi connectivity index (χ2n) is 4.16. The fourth-order valence-electron chi connectivity index (χ4n) is 1.93. The van der Waals surface area contributed by atoms with Crippen molar-refractivity contribution in [2.45, 2.75) is 6.92 Å². The van der Waals surface area contributed by atoms with E-state index < -0.39 is 0 Å². The standard InChI is InChI=1S/C12H11N5OS/c1-7-9(4-3-8-5-6-19-10(7)8)11(18)13-12-14-15-16-17(12)2/h3-6H,1-2H3,(H,13,14,16,18). The average Bonchev–Trinajstić information content (AvgIpc) is 3.00. The first kappa shape index (κ1) is 11.8. The number of hydrogen-bond donors (Lipinski definition) is 1. The third kappa shape index (κ3) is 1.97. The number of tetrazole rings is 1. The number of aryl methyl sites for hydroxylation is 2. The van der Waals surface area contributed by atoms with Crippen LogP contribution in [0.4, 0.5) is 5.95 Å². The van der Waals surface area contributed by atoms with Crippen LogP contribution in [0.3, 0.4) is 0 Å². The molecule has 1 N–H and O–H groups in total. The number of fused-ring (bicyclic) bond motifs is 1. The highest BCUT2D eigenvalue weighted by Crippen LogP contribution is 2.27. The molecule has 2 heterocycles. The topological polar surface area (TPSA) is 72.7 Å². The summed E-state index contributed by atoms with van der Waals surface area (Å²) in [6, 6.07) is 5.81. The molecule has 0 aliphatic heterocycles. The maximum absolute atomic E-state index is 12.2. The van der Waals surface area contributed by atoms with Gasteiger partial charge in [-0.1, -0.05) is 11.2 Å². The van der Waals surface area contributed by atoms with Gasteiger partial charge in [-0.2, -0.15) is 0 Å². The van der Waals surface area contributed by atoms with Crippen molar-refractivity contribution >= 4 is 33.3 Å².